The van der Waals surface area contributed by atoms with Crippen LogP contribution in [0.15, 0.2) is 0 Å². The monoisotopic (exact) mass is 190 g/mol. The van der Waals surface area contributed by atoms with Crippen LogP contribution in [0.25, 0.3) is 0 Å². The molecule has 0 bridgehead atoms. The van der Waals surface area contributed by atoms with Gasteiger partial charge in [0.2, 0.25) is 0 Å². The summed E-state index contributed by atoms with van der Waals surface area (Å²) in [5.41, 5.74) is 0. The molecule has 0 nitrogen and oxygen atoms in total. The van der Waals surface area contributed by atoms with E-state index in [1.807, 2.05) is 6.92 Å². The van der Waals surface area contributed by atoms with E-state index in [0.717, 1.165) is 12.3 Å². The van der Waals surface area contributed by atoms with Gasteiger partial charge in [0.25, 0.3) is 0 Å². The van der Waals surface area contributed by atoms with Crippen LogP contribution in [0.4, 0.5) is 8.78 Å². The van der Waals surface area contributed by atoms with Crippen LogP contribution in [0.5, 0.6) is 0 Å². The Labute approximate surface area is 79.7 Å². The van der Waals surface area contributed by atoms with Gasteiger partial charge in [0.15, 0.2) is 0 Å². The quantitative estimate of drug-likeness (QED) is 0.598. The zero-order valence-electron chi connectivity index (χ0n) is 8.60. The van der Waals surface area contributed by atoms with Crippen LogP contribution in [0.3, 0.4) is 0 Å². The molecule has 1 fully saturated rings. The highest BCUT2D eigenvalue weighted by molar-refractivity contribution is 4.88. The maximum Gasteiger partial charge on any atom is 0.106 e. The van der Waals surface area contributed by atoms with Gasteiger partial charge in [0.05, 0.1) is 6.67 Å². The van der Waals surface area contributed by atoms with Gasteiger partial charge < -0.3 is 0 Å². The second-order valence-electron chi connectivity index (χ2n) is 4.24. The Morgan fingerprint density at radius 3 is 2.38 bits per heavy atom. The van der Waals surface area contributed by atoms with Crippen molar-refractivity contribution in [2.45, 2.75) is 45.7 Å². The Balaban J connectivity index is 2.20. The summed E-state index contributed by atoms with van der Waals surface area (Å²) in [7, 11) is 0. The first-order valence-corrected chi connectivity index (χ1v) is 5.42. The van der Waals surface area contributed by atoms with E-state index in [1.165, 1.54) is 6.42 Å². The highest BCUT2D eigenvalue weighted by Gasteiger charge is 2.38. The third-order valence-electron chi connectivity index (χ3n) is 3.36. The Hall–Kier alpha value is -0.140. The van der Waals surface area contributed by atoms with Crippen molar-refractivity contribution in [3.05, 3.63) is 0 Å². The zero-order valence-corrected chi connectivity index (χ0v) is 8.60. The molecular formula is C11H20F2. The molecule has 0 amide bonds. The summed E-state index contributed by atoms with van der Waals surface area (Å²) in [6, 6.07) is 0. The normalized spacial score (nSPS) is 31.4. The molecule has 0 N–H and O–H groups in total. The lowest BCUT2D eigenvalue weighted by atomic mass is 9.97. The molecule has 0 saturated heterocycles. The van der Waals surface area contributed by atoms with Crippen LogP contribution in [0.1, 0.15) is 39.5 Å². The molecule has 78 valence electrons. The summed E-state index contributed by atoms with van der Waals surface area (Å²) < 4.78 is 25.7. The zero-order chi connectivity index (χ0) is 9.84. The summed E-state index contributed by atoms with van der Waals surface area (Å²) in [5.74, 6) is 0.939. The van der Waals surface area contributed by atoms with Gasteiger partial charge in [-0.25, -0.2) is 4.39 Å². The molecule has 0 aliphatic heterocycles. The Morgan fingerprint density at radius 1 is 1.31 bits per heavy atom. The van der Waals surface area contributed by atoms with E-state index in [2.05, 4.69) is 6.92 Å². The van der Waals surface area contributed by atoms with Crippen LogP contribution >= 0.6 is 0 Å². The minimum absolute atomic E-state index is 0.349. The topological polar surface area (TPSA) is 0 Å². The lowest BCUT2D eigenvalue weighted by Crippen LogP contribution is -2.18. The first-order valence-electron chi connectivity index (χ1n) is 5.42. The fraction of sp³-hybridized carbons (Fsp3) is 1.00. The summed E-state index contributed by atoms with van der Waals surface area (Å²) >= 11 is 0. The first kappa shape index (κ1) is 10.9. The number of alkyl halides is 2. The van der Waals surface area contributed by atoms with E-state index < -0.39 is 12.8 Å². The largest absolute Gasteiger partial charge is 0.251 e. The van der Waals surface area contributed by atoms with Crippen LogP contribution in [0, 0.1) is 17.8 Å². The Kier molecular flexibility index (Phi) is 4.14. The molecule has 4 unspecified atom stereocenters. The maximum atomic E-state index is 13.4. The van der Waals surface area contributed by atoms with Gasteiger partial charge in [0.1, 0.15) is 6.17 Å². The maximum absolute atomic E-state index is 13.4. The van der Waals surface area contributed by atoms with Crippen LogP contribution < -0.4 is 0 Å². The minimum atomic E-state index is -0.906. The predicted octanol–water partition coefficient (Wildman–Crippen LogP) is 3.76. The van der Waals surface area contributed by atoms with Crippen molar-refractivity contribution < 1.29 is 8.78 Å². The molecule has 4 atom stereocenters. The highest BCUT2D eigenvalue weighted by atomic mass is 19.1. The molecule has 0 aromatic carbocycles. The Bertz CT molecular complexity index is 143. The molecule has 0 aromatic rings. The number of rotatable bonds is 6. The average Bonchev–Trinajstić information content (AvgIpc) is 2.85. The second-order valence-corrected chi connectivity index (χ2v) is 4.24. The minimum Gasteiger partial charge on any atom is -0.251 e. The van der Waals surface area contributed by atoms with Crippen molar-refractivity contribution in [2.75, 3.05) is 6.67 Å². The Morgan fingerprint density at radius 2 is 2.00 bits per heavy atom. The van der Waals surface area contributed by atoms with Crippen molar-refractivity contribution in [2.24, 2.45) is 17.8 Å². The van der Waals surface area contributed by atoms with Gasteiger partial charge in [-0.1, -0.05) is 20.3 Å². The molecule has 2 heteroatoms. The van der Waals surface area contributed by atoms with Crippen molar-refractivity contribution in [1.29, 1.82) is 0 Å². The summed E-state index contributed by atoms with van der Waals surface area (Å²) in [4.78, 5) is 0. The lowest BCUT2D eigenvalue weighted by Gasteiger charge is -2.15. The fourth-order valence-electron chi connectivity index (χ4n) is 2.04. The van der Waals surface area contributed by atoms with Gasteiger partial charge in [0, 0.05) is 5.92 Å². The van der Waals surface area contributed by atoms with Crippen molar-refractivity contribution in [3.63, 3.8) is 0 Å². The van der Waals surface area contributed by atoms with Crippen LogP contribution in [0.2, 0.25) is 0 Å². The van der Waals surface area contributed by atoms with E-state index in [-0.39, 0.29) is 5.92 Å². The number of hydrogen-bond donors (Lipinski definition) is 0. The smallest absolute Gasteiger partial charge is 0.106 e. The fourth-order valence-corrected chi connectivity index (χ4v) is 2.04. The summed E-state index contributed by atoms with van der Waals surface area (Å²) in [6.45, 7) is 3.51. The van der Waals surface area contributed by atoms with Crippen LogP contribution in [-0.2, 0) is 0 Å². The predicted molar refractivity (Wildman–Crippen MR) is 51.2 cm³/mol. The summed E-state index contributed by atoms with van der Waals surface area (Å²) in [5, 5.41) is 0. The standard InChI is InChI=1S/C11H20F2/c1-3-8-5-10(8)6-11(13)9(4-2)7-12/h8-11H,3-7H2,1-2H3. The van der Waals surface area contributed by atoms with Crippen LogP contribution in [-0.4, -0.2) is 12.8 Å². The van der Waals surface area contributed by atoms with Gasteiger partial charge >= 0.3 is 0 Å². The molecule has 0 radical (unpaired) electrons. The molecule has 1 aliphatic carbocycles. The number of hydrogen-bond acceptors (Lipinski definition) is 0. The molecule has 1 aliphatic rings. The average molecular weight is 190 g/mol. The lowest BCUT2D eigenvalue weighted by molar-refractivity contribution is 0.167. The molecule has 13 heavy (non-hydrogen) atoms. The van der Waals surface area contributed by atoms with Gasteiger partial charge in [-0.05, 0) is 31.1 Å². The highest BCUT2D eigenvalue weighted by Crippen LogP contribution is 2.45. The molecule has 0 spiro atoms. The van der Waals surface area contributed by atoms with E-state index in [9.17, 15) is 8.78 Å². The van der Waals surface area contributed by atoms with Crippen molar-refractivity contribution in [3.8, 4) is 0 Å². The van der Waals surface area contributed by atoms with E-state index >= 15 is 0 Å². The van der Waals surface area contributed by atoms with E-state index in [0.29, 0.717) is 18.8 Å². The molecule has 0 aromatic heterocycles. The SMILES string of the molecule is CCC(CF)C(F)CC1CC1CC. The van der Waals surface area contributed by atoms with Gasteiger partial charge in [-0.3, -0.25) is 4.39 Å². The van der Waals surface area contributed by atoms with Gasteiger partial charge in [-0.2, -0.15) is 0 Å². The molecule has 0 heterocycles. The van der Waals surface area contributed by atoms with Crippen molar-refractivity contribution in [1.82, 2.24) is 0 Å². The number of halogens is 2. The molecule has 1 rings (SSSR count). The van der Waals surface area contributed by atoms with Crippen molar-refractivity contribution >= 4 is 0 Å². The first-order chi connectivity index (χ1) is 6.22. The summed E-state index contributed by atoms with van der Waals surface area (Å²) in [6.07, 6.45) is 2.64. The molecule has 1 saturated carbocycles. The van der Waals surface area contributed by atoms with E-state index in [4.69, 9.17) is 0 Å². The third kappa shape index (κ3) is 2.92. The van der Waals surface area contributed by atoms with Gasteiger partial charge in [-0.15, -0.1) is 0 Å². The second kappa shape index (κ2) is 4.92. The molecular weight excluding hydrogens is 170 g/mol. The third-order valence-corrected chi connectivity index (χ3v) is 3.36. The van der Waals surface area contributed by atoms with E-state index in [1.54, 1.807) is 0 Å².